The van der Waals surface area contributed by atoms with Gasteiger partial charge in [-0.3, -0.25) is 0 Å². The molecule has 1 atom stereocenters. The van der Waals surface area contributed by atoms with Gasteiger partial charge in [0.2, 0.25) is 0 Å². The number of methoxy groups -OCH3 is 1. The Bertz CT molecular complexity index is 579. The largest absolute Gasteiger partial charge is 0.508 e. The Kier molecular flexibility index (Phi) is 3.88. The van der Waals surface area contributed by atoms with E-state index in [1.54, 1.807) is 6.07 Å². The number of phenols is 1. The van der Waals surface area contributed by atoms with E-state index < -0.39 is 17.8 Å². The molecule has 106 valence electrons. The Morgan fingerprint density at radius 3 is 2.20 bits per heavy atom. The molecule has 2 aromatic rings. The standard InChI is InChI=1S/C15H13F3O2/c1-20-11-7-8-12(13(19)9-11)14(15(16,17)18)10-5-3-2-4-6-10/h2-9,14,19H,1H3. The van der Waals surface area contributed by atoms with Crippen LogP contribution in [0.4, 0.5) is 13.2 Å². The summed E-state index contributed by atoms with van der Waals surface area (Å²) in [6.45, 7) is 0. The number of aromatic hydroxyl groups is 1. The van der Waals surface area contributed by atoms with Gasteiger partial charge < -0.3 is 9.84 Å². The summed E-state index contributed by atoms with van der Waals surface area (Å²) < 4.78 is 44.8. The number of alkyl halides is 3. The number of rotatable bonds is 3. The van der Waals surface area contributed by atoms with Crippen molar-refractivity contribution in [2.45, 2.75) is 12.1 Å². The van der Waals surface area contributed by atoms with Gasteiger partial charge in [-0.1, -0.05) is 36.4 Å². The molecule has 0 saturated heterocycles. The van der Waals surface area contributed by atoms with Gasteiger partial charge in [-0.2, -0.15) is 13.2 Å². The monoisotopic (exact) mass is 282 g/mol. The van der Waals surface area contributed by atoms with Gasteiger partial charge in [0.15, 0.2) is 0 Å². The van der Waals surface area contributed by atoms with Crippen LogP contribution >= 0.6 is 0 Å². The topological polar surface area (TPSA) is 29.5 Å². The second-order valence-electron chi connectivity index (χ2n) is 4.31. The number of hydrogen-bond donors (Lipinski definition) is 1. The van der Waals surface area contributed by atoms with E-state index in [1.807, 2.05) is 0 Å². The van der Waals surface area contributed by atoms with Crippen LogP contribution in [-0.2, 0) is 0 Å². The smallest absolute Gasteiger partial charge is 0.399 e. The van der Waals surface area contributed by atoms with E-state index in [0.717, 1.165) is 0 Å². The van der Waals surface area contributed by atoms with Crippen LogP contribution in [-0.4, -0.2) is 18.4 Å². The van der Waals surface area contributed by atoms with Crippen LogP contribution in [0.5, 0.6) is 11.5 Å². The normalized spacial score (nSPS) is 13.0. The molecule has 0 aromatic heterocycles. The van der Waals surface area contributed by atoms with E-state index in [-0.39, 0.29) is 11.1 Å². The van der Waals surface area contributed by atoms with Gasteiger partial charge in [-0.15, -0.1) is 0 Å². The molecule has 1 N–H and O–H groups in total. The molecule has 0 aliphatic rings. The molecule has 0 bridgehead atoms. The molecule has 20 heavy (non-hydrogen) atoms. The minimum atomic E-state index is -4.49. The van der Waals surface area contributed by atoms with Crippen LogP contribution in [0.15, 0.2) is 48.5 Å². The molecule has 0 amide bonds. The number of halogens is 3. The third-order valence-electron chi connectivity index (χ3n) is 3.01. The van der Waals surface area contributed by atoms with Gasteiger partial charge in [-0.25, -0.2) is 0 Å². The molecular weight excluding hydrogens is 269 g/mol. The quantitative estimate of drug-likeness (QED) is 0.918. The van der Waals surface area contributed by atoms with Gasteiger partial charge in [-0.05, 0) is 11.6 Å². The lowest BCUT2D eigenvalue weighted by Crippen LogP contribution is -2.22. The molecule has 0 saturated carbocycles. The zero-order valence-corrected chi connectivity index (χ0v) is 10.7. The van der Waals surface area contributed by atoms with Crippen LogP contribution in [0.25, 0.3) is 0 Å². The summed E-state index contributed by atoms with van der Waals surface area (Å²) in [5, 5.41) is 9.84. The molecule has 2 nitrogen and oxygen atoms in total. The predicted molar refractivity (Wildman–Crippen MR) is 69.0 cm³/mol. The van der Waals surface area contributed by atoms with E-state index in [2.05, 4.69) is 0 Å². The first kappa shape index (κ1) is 14.2. The fourth-order valence-electron chi connectivity index (χ4n) is 2.08. The minimum Gasteiger partial charge on any atom is -0.508 e. The lowest BCUT2D eigenvalue weighted by molar-refractivity contribution is -0.141. The number of phenolic OH excluding ortho intramolecular Hbond substituents is 1. The van der Waals surface area contributed by atoms with Crippen LogP contribution in [0.2, 0.25) is 0 Å². The van der Waals surface area contributed by atoms with Gasteiger partial charge >= 0.3 is 6.18 Å². The Morgan fingerprint density at radius 2 is 1.70 bits per heavy atom. The SMILES string of the molecule is COc1ccc(C(c2ccccc2)C(F)(F)F)c(O)c1. The predicted octanol–water partition coefficient (Wildman–Crippen LogP) is 4.10. The highest BCUT2D eigenvalue weighted by Crippen LogP contribution is 2.43. The third kappa shape index (κ3) is 2.87. The Labute approximate surface area is 114 Å². The maximum absolute atomic E-state index is 13.3. The highest BCUT2D eigenvalue weighted by atomic mass is 19.4. The molecule has 0 fully saturated rings. The number of hydrogen-bond acceptors (Lipinski definition) is 2. The fourth-order valence-corrected chi connectivity index (χ4v) is 2.08. The van der Waals surface area contributed by atoms with Crippen molar-refractivity contribution in [1.82, 2.24) is 0 Å². The zero-order chi connectivity index (χ0) is 14.8. The summed E-state index contributed by atoms with van der Waals surface area (Å²) in [6, 6.07) is 11.3. The number of ether oxygens (including phenoxy) is 1. The van der Waals surface area contributed by atoms with Gasteiger partial charge in [0, 0.05) is 11.6 Å². The Balaban J connectivity index is 2.53. The molecule has 5 heteroatoms. The van der Waals surface area contributed by atoms with Gasteiger partial charge in [0.1, 0.15) is 17.4 Å². The maximum atomic E-state index is 13.3. The van der Waals surface area contributed by atoms with Crippen molar-refractivity contribution in [2.75, 3.05) is 7.11 Å². The van der Waals surface area contributed by atoms with E-state index >= 15 is 0 Å². The molecule has 0 aliphatic heterocycles. The van der Waals surface area contributed by atoms with Gasteiger partial charge in [0.25, 0.3) is 0 Å². The van der Waals surface area contributed by atoms with Crippen LogP contribution in [0, 0.1) is 0 Å². The summed E-state index contributed by atoms with van der Waals surface area (Å²) in [5.74, 6) is -2.00. The molecule has 2 rings (SSSR count). The summed E-state index contributed by atoms with van der Waals surface area (Å²) in [4.78, 5) is 0. The van der Waals surface area contributed by atoms with Crippen molar-refractivity contribution in [1.29, 1.82) is 0 Å². The summed E-state index contributed by atoms with van der Waals surface area (Å²) in [5.41, 5.74) is -0.107. The van der Waals surface area contributed by atoms with Crippen LogP contribution < -0.4 is 4.74 Å². The van der Waals surface area contributed by atoms with E-state index in [4.69, 9.17) is 4.74 Å². The molecular formula is C15H13F3O2. The Morgan fingerprint density at radius 1 is 1.05 bits per heavy atom. The molecule has 0 heterocycles. The zero-order valence-electron chi connectivity index (χ0n) is 10.7. The molecule has 0 spiro atoms. The van der Waals surface area contributed by atoms with E-state index in [9.17, 15) is 18.3 Å². The lowest BCUT2D eigenvalue weighted by atomic mass is 9.90. The fraction of sp³-hybridized carbons (Fsp3) is 0.200. The van der Waals surface area contributed by atoms with Crippen molar-refractivity contribution in [3.8, 4) is 11.5 Å². The van der Waals surface area contributed by atoms with Crippen molar-refractivity contribution in [3.63, 3.8) is 0 Å². The summed E-state index contributed by atoms with van der Waals surface area (Å²) >= 11 is 0. The van der Waals surface area contributed by atoms with Crippen LogP contribution in [0.1, 0.15) is 17.0 Å². The highest BCUT2D eigenvalue weighted by Gasteiger charge is 2.43. The van der Waals surface area contributed by atoms with E-state index in [0.29, 0.717) is 5.75 Å². The molecule has 0 aliphatic carbocycles. The summed E-state index contributed by atoms with van der Waals surface area (Å²) in [7, 11) is 1.38. The maximum Gasteiger partial charge on any atom is 0.399 e. The molecule has 0 radical (unpaired) electrons. The van der Waals surface area contributed by atoms with Crippen LogP contribution in [0.3, 0.4) is 0 Å². The lowest BCUT2D eigenvalue weighted by Gasteiger charge is -2.22. The minimum absolute atomic E-state index is 0.0838. The van der Waals surface area contributed by atoms with E-state index in [1.165, 1.54) is 49.6 Å². The Hall–Kier alpha value is -2.17. The highest BCUT2D eigenvalue weighted by molar-refractivity contribution is 5.46. The molecule has 1 unspecified atom stereocenters. The first-order chi connectivity index (χ1) is 9.43. The van der Waals surface area contributed by atoms with Crippen molar-refractivity contribution < 1.29 is 23.0 Å². The van der Waals surface area contributed by atoms with Crippen molar-refractivity contribution in [3.05, 3.63) is 59.7 Å². The first-order valence-corrected chi connectivity index (χ1v) is 5.92. The van der Waals surface area contributed by atoms with Crippen molar-refractivity contribution >= 4 is 0 Å². The number of benzene rings is 2. The average Bonchev–Trinajstić information content (AvgIpc) is 2.40. The molecule has 2 aromatic carbocycles. The first-order valence-electron chi connectivity index (χ1n) is 5.92. The summed E-state index contributed by atoms with van der Waals surface area (Å²) in [6.07, 6.45) is -4.49. The average molecular weight is 282 g/mol. The second kappa shape index (κ2) is 5.45. The third-order valence-corrected chi connectivity index (χ3v) is 3.01. The van der Waals surface area contributed by atoms with Gasteiger partial charge in [0.05, 0.1) is 7.11 Å². The van der Waals surface area contributed by atoms with Crippen molar-refractivity contribution in [2.24, 2.45) is 0 Å². The second-order valence-corrected chi connectivity index (χ2v) is 4.31.